The molecule has 5 nitrogen and oxygen atoms in total. The summed E-state index contributed by atoms with van der Waals surface area (Å²) in [5, 5.41) is 10.8. The van der Waals surface area contributed by atoms with E-state index < -0.39 is 0 Å². The Balaban J connectivity index is 1.68. The predicted molar refractivity (Wildman–Crippen MR) is 111 cm³/mol. The van der Waals surface area contributed by atoms with Gasteiger partial charge >= 0.3 is 0 Å². The summed E-state index contributed by atoms with van der Waals surface area (Å²) >= 11 is 0. The smallest absolute Gasteiger partial charge is 0.276 e. The number of unbranched alkanes of at least 4 members (excludes halogenated alkanes) is 2. The summed E-state index contributed by atoms with van der Waals surface area (Å²) in [7, 11) is 0. The van der Waals surface area contributed by atoms with Crippen molar-refractivity contribution >= 4 is 10.8 Å². The molecule has 0 fully saturated rings. The molecule has 28 heavy (non-hydrogen) atoms. The number of fused-ring (bicyclic) bond motifs is 1. The van der Waals surface area contributed by atoms with Gasteiger partial charge in [-0.2, -0.15) is 0 Å². The van der Waals surface area contributed by atoms with Crippen molar-refractivity contribution in [2.24, 2.45) is 0 Å². The van der Waals surface area contributed by atoms with Gasteiger partial charge in [-0.15, -0.1) is 10.2 Å². The van der Waals surface area contributed by atoms with Gasteiger partial charge in [-0.05, 0) is 35.7 Å². The highest BCUT2D eigenvalue weighted by atomic mass is 16.5. The summed E-state index contributed by atoms with van der Waals surface area (Å²) in [6.45, 7) is 5.83. The van der Waals surface area contributed by atoms with Crippen molar-refractivity contribution in [3.63, 3.8) is 0 Å². The molecule has 0 N–H and O–H groups in total. The van der Waals surface area contributed by atoms with Crippen LogP contribution < -0.4 is 14.2 Å². The van der Waals surface area contributed by atoms with Gasteiger partial charge in [-0.3, -0.25) is 0 Å². The highest BCUT2D eigenvalue weighted by Gasteiger charge is 2.11. The Kier molecular flexibility index (Phi) is 7.47. The summed E-state index contributed by atoms with van der Waals surface area (Å²) in [6, 6.07) is 16.1. The van der Waals surface area contributed by atoms with Crippen molar-refractivity contribution in [2.45, 2.75) is 46.1 Å². The number of hydrogen-bond donors (Lipinski definition) is 0. The van der Waals surface area contributed by atoms with Crippen molar-refractivity contribution in [1.82, 2.24) is 10.2 Å². The molecule has 0 aliphatic rings. The van der Waals surface area contributed by atoms with E-state index in [-0.39, 0.29) is 0 Å². The molecule has 0 unspecified atom stereocenters. The minimum absolute atomic E-state index is 0.324. The molecule has 5 heteroatoms. The van der Waals surface area contributed by atoms with E-state index in [1.54, 1.807) is 0 Å². The van der Waals surface area contributed by atoms with Crippen LogP contribution in [0.4, 0.5) is 0 Å². The minimum Gasteiger partial charge on any atom is -0.488 e. The van der Waals surface area contributed by atoms with E-state index in [0.29, 0.717) is 37.1 Å². The lowest BCUT2D eigenvalue weighted by molar-refractivity contribution is 0.246. The number of hydrogen-bond acceptors (Lipinski definition) is 5. The fourth-order valence-corrected chi connectivity index (χ4v) is 2.73. The Morgan fingerprint density at radius 3 is 2.29 bits per heavy atom. The molecule has 0 bridgehead atoms. The van der Waals surface area contributed by atoms with Crippen LogP contribution in [0.2, 0.25) is 0 Å². The summed E-state index contributed by atoms with van der Waals surface area (Å²) in [5.74, 6) is 1.90. The first-order chi connectivity index (χ1) is 13.8. The van der Waals surface area contributed by atoms with Gasteiger partial charge in [0, 0.05) is 6.07 Å². The zero-order chi connectivity index (χ0) is 19.6. The maximum atomic E-state index is 5.92. The summed E-state index contributed by atoms with van der Waals surface area (Å²) in [6.07, 6.45) is 4.10. The Morgan fingerprint density at radius 1 is 0.750 bits per heavy atom. The van der Waals surface area contributed by atoms with Crippen molar-refractivity contribution in [2.75, 3.05) is 13.2 Å². The number of ether oxygens (including phenoxy) is 3. The second-order valence-electron chi connectivity index (χ2n) is 6.71. The number of benzene rings is 2. The fourth-order valence-electron chi connectivity index (χ4n) is 2.73. The molecule has 0 atom stereocenters. The van der Waals surface area contributed by atoms with Gasteiger partial charge < -0.3 is 14.2 Å². The van der Waals surface area contributed by atoms with E-state index in [4.69, 9.17) is 14.2 Å². The van der Waals surface area contributed by atoms with Crippen LogP contribution in [0.25, 0.3) is 10.8 Å². The second kappa shape index (κ2) is 10.5. The molecule has 1 aromatic heterocycles. The van der Waals surface area contributed by atoms with E-state index in [1.807, 2.05) is 30.3 Å². The predicted octanol–water partition coefficient (Wildman–Crippen LogP) is 5.57. The highest BCUT2D eigenvalue weighted by Crippen LogP contribution is 2.26. The number of nitrogens with zero attached hydrogens (tertiary/aromatic N) is 2. The Morgan fingerprint density at radius 2 is 1.50 bits per heavy atom. The lowest BCUT2D eigenvalue weighted by atomic mass is 10.1. The lowest BCUT2D eigenvalue weighted by Gasteiger charge is -2.12. The Hall–Kier alpha value is -2.82. The normalized spacial score (nSPS) is 10.8. The van der Waals surface area contributed by atoms with E-state index in [0.717, 1.165) is 36.8 Å². The number of aromatic nitrogens is 2. The first-order valence-corrected chi connectivity index (χ1v) is 10.0. The van der Waals surface area contributed by atoms with Crippen LogP contribution in [0, 0.1) is 0 Å². The third-order valence-electron chi connectivity index (χ3n) is 4.38. The highest BCUT2D eigenvalue weighted by molar-refractivity contribution is 5.83. The molecule has 0 amide bonds. The van der Waals surface area contributed by atoms with E-state index in [9.17, 15) is 0 Å². The maximum absolute atomic E-state index is 5.92. The Labute approximate surface area is 166 Å². The quantitative estimate of drug-likeness (QED) is 0.407. The molecular formula is C23H28N2O3. The van der Waals surface area contributed by atoms with Gasteiger partial charge in [0.1, 0.15) is 18.1 Å². The molecule has 148 valence electrons. The van der Waals surface area contributed by atoms with Gasteiger partial charge in [-0.1, -0.05) is 57.0 Å². The molecule has 1 heterocycles. The van der Waals surface area contributed by atoms with E-state index in [2.05, 4.69) is 42.2 Å². The molecular weight excluding hydrogens is 352 g/mol. The van der Waals surface area contributed by atoms with Crippen molar-refractivity contribution in [1.29, 1.82) is 0 Å². The van der Waals surface area contributed by atoms with Crippen LogP contribution >= 0.6 is 0 Å². The largest absolute Gasteiger partial charge is 0.488 e. The molecule has 0 radical (unpaired) electrons. The molecule has 0 aliphatic carbocycles. The minimum atomic E-state index is 0.324. The summed E-state index contributed by atoms with van der Waals surface area (Å²) < 4.78 is 17.5. The zero-order valence-corrected chi connectivity index (χ0v) is 16.7. The molecule has 0 saturated heterocycles. The second-order valence-corrected chi connectivity index (χ2v) is 6.71. The van der Waals surface area contributed by atoms with E-state index in [1.165, 1.54) is 5.39 Å². The van der Waals surface area contributed by atoms with Gasteiger partial charge in [0.2, 0.25) is 0 Å². The van der Waals surface area contributed by atoms with Crippen LogP contribution in [0.1, 0.15) is 45.2 Å². The molecule has 0 spiro atoms. The van der Waals surface area contributed by atoms with Gasteiger partial charge in [0.25, 0.3) is 5.88 Å². The van der Waals surface area contributed by atoms with Crippen molar-refractivity contribution in [3.05, 3.63) is 54.2 Å². The Bertz CT molecular complexity index is 883. The standard InChI is InChI=1S/C23H28N2O3/c1-3-5-13-26-22-16-20(24-25-23(22)27-14-6-4-2)17-28-21-12-11-18-9-7-8-10-19(18)15-21/h7-12,15-16H,3-6,13-14,17H2,1-2H3. The summed E-state index contributed by atoms with van der Waals surface area (Å²) in [5.41, 5.74) is 0.711. The molecule has 3 rings (SSSR count). The van der Waals surface area contributed by atoms with Crippen LogP contribution in [0.3, 0.4) is 0 Å². The molecule has 0 saturated carbocycles. The SMILES string of the molecule is CCCCOc1cc(COc2ccc3ccccc3c2)nnc1OCCCC. The van der Waals surface area contributed by atoms with Crippen LogP contribution in [-0.4, -0.2) is 23.4 Å². The third-order valence-corrected chi connectivity index (χ3v) is 4.38. The maximum Gasteiger partial charge on any atom is 0.276 e. The van der Waals surface area contributed by atoms with Crippen LogP contribution in [0.5, 0.6) is 17.4 Å². The topological polar surface area (TPSA) is 53.5 Å². The van der Waals surface area contributed by atoms with E-state index >= 15 is 0 Å². The fraction of sp³-hybridized carbons (Fsp3) is 0.391. The molecule has 3 aromatic rings. The first-order valence-electron chi connectivity index (χ1n) is 10.0. The third kappa shape index (κ3) is 5.59. The molecule has 2 aromatic carbocycles. The monoisotopic (exact) mass is 380 g/mol. The first kappa shape index (κ1) is 19.9. The average Bonchev–Trinajstić information content (AvgIpc) is 2.73. The van der Waals surface area contributed by atoms with Gasteiger partial charge in [0.05, 0.1) is 13.2 Å². The molecule has 0 aliphatic heterocycles. The van der Waals surface area contributed by atoms with Crippen LogP contribution in [0.15, 0.2) is 48.5 Å². The zero-order valence-electron chi connectivity index (χ0n) is 16.7. The van der Waals surface area contributed by atoms with Gasteiger partial charge in [-0.25, -0.2) is 0 Å². The van der Waals surface area contributed by atoms with Crippen molar-refractivity contribution in [3.8, 4) is 17.4 Å². The summed E-state index contributed by atoms with van der Waals surface area (Å²) in [4.78, 5) is 0. The van der Waals surface area contributed by atoms with Gasteiger partial charge in [0.15, 0.2) is 5.75 Å². The number of rotatable bonds is 11. The average molecular weight is 380 g/mol. The lowest BCUT2D eigenvalue weighted by Crippen LogP contribution is -2.07. The van der Waals surface area contributed by atoms with Crippen LogP contribution in [-0.2, 0) is 6.61 Å². The van der Waals surface area contributed by atoms with Crippen molar-refractivity contribution < 1.29 is 14.2 Å².